The fourth-order valence-electron chi connectivity index (χ4n) is 6.07. The molecule has 4 aliphatic rings. The number of nitrogens with one attached hydrogen (secondary N) is 2. The molecule has 4 saturated heterocycles. The summed E-state index contributed by atoms with van der Waals surface area (Å²) in [5, 5.41) is 35.7. The first-order valence-corrected chi connectivity index (χ1v) is 14.4. The molecule has 3 amide bonds. The van der Waals surface area contributed by atoms with Gasteiger partial charge in [0.25, 0.3) is 0 Å². The van der Waals surface area contributed by atoms with Gasteiger partial charge in [0.2, 0.25) is 17.7 Å². The first kappa shape index (κ1) is 29.8. The SMILES string of the molecule is COCc1cn([C@@H]2CCN3C(=O)CN(CCNC4CCOCC4)C(=O)C[C@@H]4O[C@H](CNC(=O)[C@@H]3C2)C(O)C4O)nn1. The lowest BCUT2D eigenvalue weighted by Gasteiger charge is -2.39. The molecule has 0 aliphatic carbocycles. The number of fused-ring (bicyclic) bond motifs is 3. The Morgan fingerprint density at radius 2 is 1.90 bits per heavy atom. The lowest BCUT2D eigenvalue weighted by molar-refractivity contribution is -0.147. The van der Waals surface area contributed by atoms with Gasteiger partial charge in [-0.3, -0.25) is 14.4 Å². The quantitative estimate of drug-likeness (QED) is 0.270. The molecule has 1 aromatic heterocycles. The maximum Gasteiger partial charge on any atom is 0.242 e. The Balaban J connectivity index is 1.33. The summed E-state index contributed by atoms with van der Waals surface area (Å²) in [5.74, 6) is -1.08. The van der Waals surface area contributed by atoms with Crippen LogP contribution in [0.2, 0.25) is 0 Å². The molecule has 0 aromatic carbocycles. The van der Waals surface area contributed by atoms with E-state index in [1.54, 1.807) is 18.0 Å². The van der Waals surface area contributed by atoms with E-state index in [2.05, 4.69) is 20.9 Å². The summed E-state index contributed by atoms with van der Waals surface area (Å²) in [6, 6.07) is -0.729. The van der Waals surface area contributed by atoms with E-state index < -0.39 is 36.4 Å². The number of hydrogen-bond donors (Lipinski definition) is 4. The van der Waals surface area contributed by atoms with E-state index in [1.165, 1.54) is 9.80 Å². The lowest BCUT2D eigenvalue weighted by atomic mass is 9.95. The van der Waals surface area contributed by atoms with E-state index in [0.717, 1.165) is 12.8 Å². The minimum Gasteiger partial charge on any atom is -0.388 e. The van der Waals surface area contributed by atoms with Crippen molar-refractivity contribution in [3.63, 3.8) is 0 Å². The number of piperidine rings is 1. The van der Waals surface area contributed by atoms with Crippen LogP contribution in [0.4, 0.5) is 0 Å². The van der Waals surface area contributed by atoms with Crippen molar-refractivity contribution in [3.8, 4) is 0 Å². The molecule has 2 unspecified atom stereocenters. The molecule has 6 atom stereocenters. The maximum absolute atomic E-state index is 13.7. The van der Waals surface area contributed by atoms with Crippen LogP contribution in [0.5, 0.6) is 0 Å². The third-order valence-corrected chi connectivity index (χ3v) is 8.45. The summed E-state index contributed by atoms with van der Waals surface area (Å²) in [7, 11) is 1.57. The highest BCUT2D eigenvalue weighted by atomic mass is 16.5. The second-order valence-corrected chi connectivity index (χ2v) is 11.2. The van der Waals surface area contributed by atoms with Gasteiger partial charge < -0.3 is 44.9 Å². The lowest BCUT2D eigenvalue weighted by Crippen LogP contribution is -2.57. The molecule has 15 nitrogen and oxygen atoms in total. The fourth-order valence-corrected chi connectivity index (χ4v) is 6.07. The number of carbonyl (C=O) groups is 3. The van der Waals surface area contributed by atoms with Crippen LogP contribution < -0.4 is 10.6 Å². The zero-order valence-corrected chi connectivity index (χ0v) is 23.4. The number of aromatic nitrogens is 3. The summed E-state index contributed by atoms with van der Waals surface area (Å²) in [5.41, 5.74) is 0.661. The van der Waals surface area contributed by atoms with Gasteiger partial charge in [0.1, 0.15) is 30.0 Å². The van der Waals surface area contributed by atoms with Crippen LogP contribution >= 0.6 is 0 Å². The van der Waals surface area contributed by atoms with Crippen molar-refractivity contribution in [2.45, 2.75) is 81.3 Å². The van der Waals surface area contributed by atoms with Crippen molar-refractivity contribution in [1.82, 2.24) is 35.4 Å². The van der Waals surface area contributed by atoms with Gasteiger partial charge in [-0.15, -0.1) is 5.10 Å². The van der Waals surface area contributed by atoms with Gasteiger partial charge in [-0.2, -0.15) is 0 Å². The molecule has 2 bridgehead atoms. The van der Waals surface area contributed by atoms with Crippen LogP contribution in [0.1, 0.15) is 43.8 Å². The second kappa shape index (κ2) is 13.5. The molecule has 0 spiro atoms. The zero-order valence-electron chi connectivity index (χ0n) is 23.4. The number of nitrogens with zero attached hydrogens (tertiary/aromatic N) is 5. The Bertz CT molecular complexity index is 1070. The largest absolute Gasteiger partial charge is 0.388 e. The van der Waals surface area contributed by atoms with Crippen LogP contribution in [0.15, 0.2) is 6.20 Å². The van der Waals surface area contributed by atoms with Gasteiger partial charge in [0, 0.05) is 52.5 Å². The molecule has 0 radical (unpaired) electrons. The highest BCUT2D eigenvalue weighted by Gasteiger charge is 2.45. The number of carbonyl (C=O) groups excluding carboxylic acids is 3. The molecule has 4 aliphatic heterocycles. The second-order valence-electron chi connectivity index (χ2n) is 11.2. The van der Waals surface area contributed by atoms with E-state index in [9.17, 15) is 24.6 Å². The van der Waals surface area contributed by atoms with E-state index in [0.29, 0.717) is 51.4 Å². The molecule has 5 heterocycles. The topological polar surface area (TPSA) is 181 Å². The number of hydrogen-bond acceptors (Lipinski definition) is 11. The Morgan fingerprint density at radius 3 is 2.68 bits per heavy atom. The summed E-state index contributed by atoms with van der Waals surface area (Å²) in [6.07, 6.45) is -0.175. The summed E-state index contributed by atoms with van der Waals surface area (Å²) in [4.78, 5) is 43.6. The van der Waals surface area contributed by atoms with Gasteiger partial charge in [-0.05, 0) is 25.7 Å². The van der Waals surface area contributed by atoms with E-state index >= 15 is 0 Å². The van der Waals surface area contributed by atoms with Gasteiger partial charge in [0.15, 0.2) is 0 Å². The minimum absolute atomic E-state index is 0.0645. The Kier molecular flexibility index (Phi) is 9.83. The average Bonchev–Trinajstić information content (AvgIpc) is 3.55. The third kappa shape index (κ3) is 7.04. The molecule has 41 heavy (non-hydrogen) atoms. The molecule has 4 N–H and O–H groups in total. The normalized spacial score (nSPS) is 32.2. The van der Waals surface area contributed by atoms with E-state index in [1.807, 2.05) is 0 Å². The molecule has 0 saturated carbocycles. The molecule has 4 fully saturated rings. The number of amides is 3. The summed E-state index contributed by atoms with van der Waals surface area (Å²) >= 11 is 0. The smallest absolute Gasteiger partial charge is 0.242 e. The van der Waals surface area contributed by atoms with Crippen LogP contribution in [0.3, 0.4) is 0 Å². The van der Waals surface area contributed by atoms with Crippen LogP contribution in [-0.2, 0) is 35.2 Å². The molecular weight excluding hydrogens is 538 g/mol. The minimum atomic E-state index is -1.29. The standard InChI is InChI=1S/C26H41N7O8/c1-39-15-17-13-33(30-29-17)18-2-6-32-19(10-18)26(38)28-12-21-25(37)24(36)20(41-21)11-22(34)31(14-23(32)35)7-5-27-16-3-8-40-9-4-16/h13,16,18-21,24-25,27,36-37H,2-12,14-15H2,1H3,(H,28,38)/t18-,19+,20+,21-,24?,25?/m1/s1. The Hall–Kier alpha value is -2.69. The number of ether oxygens (including phenoxy) is 3. The third-order valence-electron chi connectivity index (χ3n) is 8.45. The number of rotatable bonds is 7. The molecule has 15 heteroatoms. The maximum atomic E-state index is 13.7. The average molecular weight is 580 g/mol. The predicted molar refractivity (Wildman–Crippen MR) is 141 cm³/mol. The van der Waals surface area contributed by atoms with E-state index in [4.69, 9.17) is 14.2 Å². The Morgan fingerprint density at radius 1 is 1.12 bits per heavy atom. The molecular formula is C26H41N7O8. The van der Waals surface area contributed by atoms with Gasteiger partial charge >= 0.3 is 0 Å². The summed E-state index contributed by atoms with van der Waals surface area (Å²) < 4.78 is 18.1. The van der Waals surface area contributed by atoms with Gasteiger partial charge in [-0.25, -0.2) is 4.68 Å². The van der Waals surface area contributed by atoms with Crippen molar-refractivity contribution in [1.29, 1.82) is 0 Å². The number of aliphatic hydroxyl groups excluding tert-OH is 2. The number of aliphatic hydroxyl groups is 2. The highest BCUT2D eigenvalue weighted by Crippen LogP contribution is 2.29. The first-order valence-electron chi connectivity index (χ1n) is 14.4. The highest BCUT2D eigenvalue weighted by molar-refractivity contribution is 5.90. The van der Waals surface area contributed by atoms with Gasteiger partial charge in [-0.1, -0.05) is 5.21 Å². The van der Waals surface area contributed by atoms with Crippen molar-refractivity contribution >= 4 is 17.7 Å². The van der Waals surface area contributed by atoms with Crippen molar-refractivity contribution < 1.29 is 38.8 Å². The first-order chi connectivity index (χ1) is 19.8. The van der Waals surface area contributed by atoms with Crippen LogP contribution in [0, 0.1) is 0 Å². The molecule has 5 rings (SSSR count). The van der Waals surface area contributed by atoms with Crippen LogP contribution in [-0.4, -0.2) is 142 Å². The molecule has 228 valence electrons. The zero-order chi connectivity index (χ0) is 28.9. The summed E-state index contributed by atoms with van der Waals surface area (Å²) in [6.45, 7) is 2.44. The monoisotopic (exact) mass is 579 g/mol. The van der Waals surface area contributed by atoms with E-state index in [-0.39, 0.29) is 50.0 Å². The fraction of sp³-hybridized carbons (Fsp3) is 0.808. The van der Waals surface area contributed by atoms with Crippen molar-refractivity contribution in [2.24, 2.45) is 0 Å². The number of methoxy groups -OCH3 is 1. The van der Waals surface area contributed by atoms with Gasteiger partial charge in [0.05, 0.1) is 37.9 Å². The predicted octanol–water partition coefficient (Wildman–Crippen LogP) is -2.44. The molecule has 1 aromatic rings. The van der Waals surface area contributed by atoms with Crippen molar-refractivity contribution in [2.75, 3.05) is 53.0 Å². The Labute approximate surface area is 238 Å². The van der Waals surface area contributed by atoms with Crippen LogP contribution in [0.25, 0.3) is 0 Å². The van der Waals surface area contributed by atoms with Crippen molar-refractivity contribution in [3.05, 3.63) is 11.9 Å².